The molecule has 4 nitrogen and oxygen atoms in total. The van der Waals surface area contributed by atoms with Crippen molar-refractivity contribution in [3.8, 4) is 0 Å². The van der Waals surface area contributed by atoms with Gasteiger partial charge in [-0.3, -0.25) is 4.90 Å². The van der Waals surface area contributed by atoms with E-state index in [1.165, 1.54) is 32.4 Å². The Morgan fingerprint density at radius 2 is 1.93 bits per heavy atom. The minimum Gasteiger partial charge on any atom is -0.306 e. The SMILES string of the molecule is Brc1nnc2n1CCC(N1CCCC1)C2. The molecule has 2 aliphatic heterocycles. The van der Waals surface area contributed by atoms with Crippen molar-refractivity contribution in [1.29, 1.82) is 0 Å². The van der Waals surface area contributed by atoms with E-state index in [4.69, 9.17) is 0 Å². The third-order valence-corrected chi connectivity index (χ3v) is 4.13. The Hall–Kier alpha value is -0.420. The van der Waals surface area contributed by atoms with Gasteiger partial charge in [-0.1, -0.05) is 0 Å². The van der Waals surface area contributed by atoms with Crippen LogP contribution in [0.1, 0.15) is 25.1 Å². The predicted octanol–water partition coefficient (Wildman–Crippen LogP) is 1.45. The molecule has 1 aromatic rings. The summed E-state index contributed by atoms with van der Waals surface area (Å²) in [4.78, 5) is 2.62. The number of halogens is 1. The van der Waals surface area contributed by atoms with E-state index in [0.29, 0.717) is 6.04 Å². The zero-order valence-corrected chi connectivity index (χ0v) is 10.3. The molecule has 15 heavy (non-hydrogen) atoms. The number of rotatable bonds is 1. The van der Waals surface area contributed by atoms with Crippen LogP contribution in [-0.2, 0) is 13.0 Å². The van der Waals surface area contributed by atoms with Gasteiger partial charge in [0.2, 0.25) is 0 Å². The van der Waals surface area contributed by atoms with Crippen LogP contribution in [0.4, 0.5) is 0 Å². The van der Waals surface area contributed by atoms with Crippen molar-refractivity contribution in [1.82, 2.24) is 19.7 Å². The van der Waals surface area contributed by atoms with Gasteiger partial charge in [-0.2, -0.15) is 0 Å². The molecule has 0 spiro atoms. The summed E-state index contributed by atoms with van der Waals surface area (Å²) in [7, 11) is 0. The second-order valence-electron chi connectivity index (χ2n) is 4.43. The molecule has 1 unspecified atom stereocenters. The van der Waals surface area contributed by atoms with Crippen LogP contribution in [0.25, 0.3) is 0 Å². The van der Waals surface area contributed by atoms with Gasteiger partial charge in [0.15, 0.2) is 4.73 Å². The van der Waals surface area contributed by atoms with E-state index in [2.05, 4.69) is 35.6 Å². The molecule has 1 saturated heterocycles. The molecule has 1 fully saturated rings. The third-order valence-electron chi connectivity index (χ3n) is 3.54. The average molecular weight is 271 g/mol. The molecular formula is C10H15BrN4. The second kappa shape index (κ2) is 3.87. The smallest absolute Gasteiger partial charge is 0.200 e. The minimum atomic E-state index is 0.705. The van der Waals surface area contributed by atoms with Crippen molar-refractivity contribution in [2.75, 3.05) is 13.1 Å². The fraction of sp³-hybridized carbons (Fsp3) is 0.800. The fourth-order valence-electron chi connectivity index (χ4n) is 2.70. The molecule has 0 N–H and O–H groups in total. The lowest BCUT2D eigenvalue weighted by Gasteiger charge is -2.30. The van der Waals surface area contributed by atoms with E-state index in [1.807, 2.05) is 0 Å². The summed E-state index contributed by atoms with van der Waals surface area (Å²) in [6.45, 7) is 3.62. The van der Waals surface area contributed by atoms with Gasteiger partial charge in [-0.15, -0.1) is 10.2 Å². The summed E-state index contributed by atoms with van der Waals surface area (Å²) in [5, 5.41) is 8.29. The van der Waals surface area contributed by atoms with Gasteiger partial charge in [0, 0.05) is 19.0 Å². The van der Waals surface area contributed by atoms with Gasteiger partial charge >= 0.3 is 0 Å². The zero-order chi connectivity index (χ0) is 10.3. The maximum atomic E-state index is 4.22. The summed E-state index contributed by atoms with van der Waals surface area (Å²) in [6.07, 6.45) is 5.04. The van der Waals surface area contributed by atoms with Gasteiger partial charge in [0.25, 0.3) is 0 Å². The summed E-state index contributed by atoms with van der Waals surface area (Å²) >= 11 is 3.43. The number of hydrogen-bond acceptors (Lipinski definition) is 3. The van der Waals surface area contributed by atoms with Crippen molar-refractivity contribution >= 4 is 15.9 Å². The Morgan fingerprint density at radius 1 is 1.13 bits per heavy atom. The molecule has 0 aromatic carbocycles. The van der Waals surface area contributed by atoms with Gasteiger partial charge in [0.1, 0.15) is 5.82 Å². The lowest BCUT2D eigenvalue weighted by Crippen LogP contribution is -2.38. The number of aromatic nitrogens is 3. The van der Waals surface area contributed by atoms with E-state index < -0.39 is 0 Å². The van der Waals surface area contributed by atoms with Crippen LogP contribution in [0, 0.1) is 0 Å². The molecule has 0 aliphatic carbocycles. The summed E-state index contributed by atoms with van der Waals surface area (Å²) in [5.74, 6) is 1.14. The van der Waals surface area contributed by atoms with Crippen LogP contribution in [0.2, 0.25) is 0 Å². The highest BCUT2D eigenvalue weighted by Crippen LogP contribution is 2.24. The van der Waals surface area contributed by atoms with Crippen molar-refractivity contribution in [2.45, 2.75) is 38.3 Å². The largest absolute Gasteiger partial charge is 0.306 e. The van der Waals surface area contributed by atoms with E-state index in [0.717, 1.165) is 23.5 Å². The highest BCUT2D eigenvalue weighted by molar-refractivity contribution is 9.10. The van der Waals surface area contributed by atoms with Gasteiger partial charge in [-0.25, -0.2) is 0 Å². The van der Waals surface area contributed by atoms with Crippen LogP contribution < -0.4 is 0 Å². The number of nitrogens with zero attached hydrogens (tertiary/aromatic N) is 4. The molecule has 0 amide bonds. The maximum absolute atomic E-state index is 4.22. The summed E-state index contributed by atoms with van der Waals surface area (Å²) < 4.78 is 3.07. The molecule has 3 rings (SSSR count). The zero-order valence-electron chi connectivity index (χ0n) is 8.69. The Morgan fingerprint density at radius 3 is 2.73 bits per heavy atom. The second-order valence-corrected chi connectivity index (χ2v) is 5.14. The van der Waals surface area contributed by atoms with Crippen LogP contribution in [-0.4, -0.2) is 38.8 Å². The summed E-state index contributed by atoms with van der Waals surface area (Å²) in [5.41, 5.74) is 0. The molecule has 0 saturated carbocycles. The average Bonchev–Trinajstić information content (AvgIpc) is 2.88. The standard InChI is InChI=1S/C10H15BrN4/c11-10-13-12-9-7-8(3-6-15(9)10)14-4-1-2-5-14/h8H,1-7H2. The molecule has 2 aliphatic rings. The number of fused-ring (bicyclic) bond motifs is 1. The quantitative estimate of drug-likeness (QED) is 0.775. The van der Waals surface area contributed by atoms with Crippen LogP contribution >= 0.6 is 15.9 Å². The van der Waals surface area contributed by atoms with Crippen molar-refractivity contribution in [3.05, 3.63) is 10.6 Å². The fourth-order valence-corrected chi connectivity index (χ4v) is 3.16. The van der Waals surface area contributed by atoms with Gasteiger partial charge < -0.3 is 4.57 Å². The Labute approximate surface area is 97.8 Å². The molecule has 0 radical (unpaired) electrons. The van der Waals surface area contributed by atoms with E-state index in [9.17, 15) is 0 Å². The predicted molar refractivity (Wildman–Crippen MR) is 60.6 cm³/mol. The van der Waals surface area contributed by atoms with Gasteiger partial charge in [0.05, 0.1) is 0 Å². The number of likely N-dealkylation sites (tertiary alicyclic amines) is 1. The maximum Gasteiger partial charge on any atom is 0.200 e. The van der Waals surface area contributed by atoms with Crippen molar-refractivity contribution < 1.29 is 0 Å². The normalized spacial score (nSPS) is 26.9. The molecule has 1 atom stereocenters. The van der Waals surface area contributed by atoms with Crippen LogP contribution in [0.5, 0.6) is 0 Å². The highest BCUT2D eigenvalue weighted by Gasteiger charge is 2.28. The monoisotopic (exact) mass is 270 g/mol. The van der Waals surface area contributed by atoms with Crippen LogP contribution in [0.3, 0.4) is 0 Å². The first-order valence-electron chi connectivity index (χ1n) is 5.66. The third kappa shape index (κ3) is 1.72. The lowest BCUT2D eigenvalue weighted by atomic mass is 10.1. The molecule has 1 aromatic heterocycles. The molecule has 82 valence electrons. The first-order valence-corrected chi connectivity index (χ1v) is 6.45. The first-order chi connectivity index (χ1) is 7.34. The molecule has 3 heterocycles. The molecular weight excluding hydrogens is 256 g/mol. The Kier molecular flexibility index (Phi) is 2.52. The Bertz CT molecular complexity index is 356. The highest BCUT2D eigenvalue weighted by atomic mass is 79.9. The molecule has 5 heteroatoms. The first kappa shape index (κ1) is 9.78. The van der Waals surface area contributed by atoms with Crippen molar-refractivity contribution in [2.24, 2.45) is 0 Å². The topological polar surface area (TPSA) is 34.0 Å². The lowest BCUT2D eigenvalue weighted by molar-refractivity contribution is 0.202. The van der Waals surface area contributed by atoms with E-state index in [-0.39, 0.29) is 0 Å². The van der Waals surface area contributed by atoms with E-state index in [1.54, 1.807) is 0 Å². The summed E-state index contributed by atoms with van der Waals surface area (Å²) in [6, 6.07) is 0.705. The van der Waals surface area contributed by atoms with Crippen LogP contribution in [0.15, 0.2) is 4.73 Å². The minimum absolute atomic E-state index is 0.705. The van der Waals surface area contributed by atoms with E-state index >= 15 is 0 Å². The Balaban J connectivity index is 1.77. The van der Waals surface area contributed by atoms with Gasteiger partial charge in [-0.05, 0) is 48.3 Å². The number of hydrogen-bond donors (Lipinski definition) is 0. The molecule has 0 bridgehead atoms. The van der Waals surface area contributed by atoms with Crippen molar-refractivity contribution in [3.63, 3.8) is 0 Å².